The normalized spacial score (nSPS) is 19.5. The Labute approximate surface area is 182 Å². The number of benzene rings is 2. The van der Waals surface area contributed by atoms with Crippen molar-refractivity contribution in [1.82, 2.24) is 20.1 Å². The SMILES string of the molecule is CCC(=O)N[C@H]1CC[C@@H](n2cnnc2-c2ccc(-c3cc4c(cc3C)CN=C4)cc2)C1. The molecule has 3 aromatic rings. The van der Waals surface area contributed by atoms with Crippen LogP contribution in [-0.2, 0) is 11.3 Å². The third-order valence-electron chi connectivity index (χ3n) is 6.49. The molecule has 0 radical (unpaired) electrons. The molecule has 6 heteroatoms. The minimum atomic E-state index is 0.123. The lowest BCUT2D eigenvalue weighted by molar-refractivity contribution is -0.121. The molecule has 1 amide bonds. The summed E-state index contributed by atoms with van der Waals surface area (Å²) in [7, 11) is 0. The molecule has 5 rings (SSSR count). The number of rotatable bonds is 5. The standard InChI is InChI=1S/C25H27N5O/c1-3-24(31)28-21-8-9-22(12-21)30-15-27-29-25(30)18-6-4-17(5-7-18)23-11-20-14-26-13-19(20)10-16(23)2/h4-7,10-11,14-15,21-22H,3,8-9,12-13H2,1-2H3,(H,28,31)/t21-,22+/m0/s1. The Morgan fingerprint density at radius 3 is 2.77 bits per heavy atom. The van der Waals surface area contributed by atoms with Crippen LogP contribution in [0, 0.1) is 6.92 Å². The molecule has 1 aliphatic heterocycles. The molecule has 6 nitrogen and oxygen atoms in total. The smallest absolute Gasteiger partial charge is 0.219 e. The monoisotopic (exact) mass is 413 g/mol. The Bertz CT molecular complexity index is 1150. The summed E-state index contributed by atoms with van der Waals surface area (Å²) >= 11 is 0. The van der Waals surface area contributed by atoms with Gasteiger partial charge >= 0.3 is 0 Å². The number of aliphatic imine (C=N–C) groups is 1. The third-order valence-corrected chi connectivity index (χ3v) is 6.49. The topological polar surface area (TPSA) is 72.2 Å². The van der Waals surface area contributed by atoms with Crippen molar-refractivity contribution in [2.24, 2.45) is 4.99 Å². The lowest BCUT2D eigenvalue weighted by Crippen LogP contribution is -2.32. The molecule has 2 atom stereocenters. The molecule has 0 bridgehead atoms. The van der Waals surface area contributed by atoms with E-state index < -0.39 is 0 Å². The highest BCUT2D eigenvalue weighted by molar-refractivity contribution is 5.88. The van der Waals surface area contributed by atoms with Crippen molar-refractivity contribution in [1.29, 1.82) is 0 Å². The number of aromatic nitrogens is 3. The van der Waals surface area contributed by atoms with Gasteiger partial charge in [-0.1, -0.05) is 37.3 Å². The van der Waals surface area contributed by atoms with Crippen molar-refractivity contribution < 1.29 is 4.79 Å². The van der Waals surface area contributed by atoms with E-state index in [-0.39, 0.29) is 11.9 Å². The molecule has 1 N–H and O–H groups in total. The van der Waals surface area contributed by atoms with E-state index >= 15 is 0 Å². The Morgan fingerprint density at radius 2 is 1.97 bits per heavy atom. The minimum absolute atomic E-state index is 0.123. The zero-order chi connectivity index (χ0) is 21.4. The maximum atomic E-state index is 11.7. The van der Waals surface area contributed by atoms with E-state index in [9.17, 15) is 4.79 Å². The van der Waals surface area contributed by atoms with E-state index in [1.165, 1.54) is 27.8 Å². The Balaban J connectivity index is 1.37. The van der Waals surface area contributed by atoms with Gasteiger partial charge in [-0.05, 0) is 60.1 Å². The summed E-state index contributed by atoms with van der Waals surface area (Å²) < 4.78 is 2.17. The van der Waals surface area contributed by atoms with Gasteiger partial charge in [-0.3, -0.25) is 9.79 Å². The molecule has 0 unspecified atom stereocenters. The second-order valence-electron chi connectivity index (χ2n) is 8.56. The molecule has 158 valence electrons. The van der Waals surface area contributed by atoms with Crippen LogP contribution in [0.2, 0.25) is 0 Å². The molecule has 1 aromatic heterocycles. The van der Waals surface area contributed by atoms with E-state index in [4.69, 9.17) is 0 Å². The van der Waals surface area contributed by atoms with Crippen LogP contribution in [0.3, 0.4) is 0 Å². The first kappa shape index (κ1) is 19.7. The molecule has 1 aliphatic carbocycles. The summed E-state index contributed by atoms with van der Waals surface area (Å²) in [6, 6.07) is 13.6. The average Bonchev–Trinajstić information content (AvgIpc) is 3.53. The Morgan fingerprint density at radius 1 is 1.16 bits per heavy atom. The quantitative estimate of drug-likeness (QED) is 0.671. The number of nitrogens with zero attached hydrogens (tertiary/aromatic N) is 4. The average molecular weight is 414 g/mol. The number of hydrogen-bond acceptors (Lipinski definition) is 4. The van der Waals surface area contributed by atoms with Gasteiger partial charge in [-0.2, -0.15) is 0 Å². The van der Waals surface area contributed by atoms with Crippen LogP contribution < -0.4 is 5.32 Å². The van der Waals surface area contributed by atoms with Crippen LogP contribution in [0.1, 0.15) is 55.3 Å². The second-order valence-corrected chi connectivity index (χ2v) is 8.56. The first-order valence-corrected chi connectivity index (χ1v) is 11.1. The van der Waals surface area contributed by atoms with Crippen LogP contribution in [0.5, 0.6) is 0 Å². The predicted octanol–water partition coefficient (Wildman–Crippen LogP) is 4.47. The highest BCUT2D eigenvalue weighted by atomic mass is 16.1. The molecular formula is C25H27N5O. The third kappa shape index (κ3) is 3.78. The molecule has 0 saturated heterocycles. The number of nitrogens with one attached hydrogen (secondary N) is 1. The molecule has 1 fully saturated rings. The van der Waals surface area contributed by atoms with Crippen LogP contribution >= 0.6 is 0 Å². The largest absolute Gasteiger partial charge is 0.353 e. The van der Waals surface area contributed by atoms with Crippen molar-refractivity contribution in [3.63, 3.8) is 0 Å². The summed E-state index contributed by atoms with van der Waals surface area (Å²) in [5, 5.41) is 11.7. The number of hydrogen-bond donors (Lipinski definition) is 1. The molecular weight excluding hydrogens is 386 g/mol. The zero-order valence-corrected chi connectivity index (χ0v) is 18.0. The van der Waals surface area contributed by atoms with Crippen molar-refractivity contribution in [2.45, 2.75) is 58.2 Å². The van der Waals surface area contributed by atoms with E-state index in [0.29, 0.717) is 12.5 Å². The molecule has 2 aromatic carbocycles. The molecule has 1 saturated carbocycles. The maximum Gasteiger partial charge on any atom is 0.219 e. The lowest BCUT2D eigenvalue weighted by Gasteiger charge is -2.16. The van der Waals surface area contributed by atoms with Gasteiger partial charge in [0.15, 0.2) is 5.82 Å². The van der Waals surface area contributed by atoms with E-state index in [2.05, 4.69) is 68.4 Å². The molecule has 0 spiro atoms. The van der Waals surface area contributed by atoms with E-state index in [0.717, 1.165) is 37.2 Å². The van der Waals surface area contributed by atoms with Gasteiger partial charge in [0.25, 0.3) is 0 Å². The van der Waals surface area contributed by atoms with Gasteiger partial charge in [-0.15, -0.1) is 10.2 Å². The fourth-order valence-corrected chi connectivity index (χ4v) is 4.78. The first-order chi connectivity index (χ1) is 15.1. The van der Waals surface area contributed by atoms with Crippen molar-refractivity contribution in [3.05, 3.63) is 59.4 Å². The fraction of sp³-hybridized carbons (Fsp3) is 0.360. The Hall–Kier alpha value is -3.28. The predicted molar refractivity (Wildman–Crippen MR) is 122 cm³/mol. The highest BCUT2D eigenvalue weighted by Crippen LogP contribution is 2.34. The summed E-state index contributed by atoms with van der Waals surface area (Å²) in [4.78, 5) is 16.1. The number of aryl methyl sites for hydroxylation is 1. The maximum absolute atomic E-state index is 11.7. The fourth-order valence-electron chi connectivity index (χ4n) is 4.78. The van der Waals surface area contributed by atoms with Gasteiger partial charge < -0.3 is 9.88 Å². The summed E-state index contributed by atoms with van der Waals surface area (Å²) in [6.07, 6.45) is 7.25. The number of fused-ring (bicyclic) bond motifs is 1. The number of amides is 1. The van der Waals surface area contributed by atoms with E-state index in [1.54, 1.807) is 0 Å². The van der Waals surface area contributed by atoms with Crippen molar-refractivity contribution in [2.75, 3.05) is 0 Å². The van der Waals surface area contributed by atoms with Crippen LogP contribution in [0.4, 0.5) is 0 Å². The molecule has 2 heterocycles. The zero-order valence-electron chi connectivity index (χ0n) is 18.0. The second kappa shape index (κ2) is 8.10. The van der Waals surface area contributed by atoms with Crippen molar-refractivity contribution >= 4 is 12.1 Å². The molecule has 2 aliphatic rings. The number of carbonyl (C=O) groups is 1. The van der Waals surface area contributed by atoms with Crippen LogP contribution in [0.25, 0.3) is 22.5 Å². The van der Waals surface area contributed by atoms with Gasteiger partial charge in [0.05, 0.1) is 6.54 Å². The van der Waals surface area contributed by atoms with Gasteiger partial charge in [-0.25, -0.2) is 0 Å². The Kier molecular flexibility index (Phi) is 5.14. The van der Waals surface area contributed by atoms with Crippen LogP contribution in [-0.4, -0.2) is 32.9 Å². The lowest BCUT2D eigenvalue weighted by atomic mass is 9.95. The van der Waals surface area contributed by atoms with Gasteiger partial charge in [0, 0.05) is 30.3 Å². The van der Waals surface area contributed by atoms with Crippen LogP contribution in [0.15, 0.2) is 47.7 Å². The number of carbonyl (C=O) groups excluding carboxylic acids is 1. The van der Waals surface area contributed by atoms with Crippen molar-refractivity contribution in [3.8, 4) is 22.5 Å². The van der Waals surface area contributed by atoms with E-state index in [1.807, 2.05) is 19.5 Å². The minimum Gasteiger partial charge on any atom is -0.353 e. The summed E-state index contributed by atoms with van der Waals surface area (Å²) in [6.45, 7) is 4.84. The first-order valence-electron chi connectivity index (χ1n) is 11.1. The van der Waals surface area contributed by atoms with Gasteiger partial charge in [0.1, 0.15) is 6.33 Å². The van der Waals surface area contributed by atoms with Gasteiger partial charge in [0.2, 0.25) is 5.91 Å². The summed E-state index contributed by atoms with van der Waals surface area (Å²) in [5.41, 5.74) is 7.28. The molecule has 31 heavy (non-hydrogen) atoms. The highest BCUT2D eigenvalue weighted by Gasteiger charge is 2.28. The summed E-state index contributed by atoms with van der Waals surface area (Å²) in [5.74, 6) is 1.01.